The molecular weight excluding hydrogens is 384 g/mol. The number of fused-ring (bicyclic) bond motifs is 1. The molecule has 0 saturated heterocycles. The third kappa shape index (κ3) is 5.01. The Morgan fingerprint density at radius 3 is 2.58 bits per heavy atom. The summed E-state index contributed by atoms with van der Waals surface area (Å²) in [4.78, 5) is 21.2. The van der Waals surface area contributed by atoms with Crippen molar-refractivity contribution < 1.29 is 4.79 Å². The minimum atomic E-state index is -0.404. The lowest BCUT2D eigenvalue weighted by Gasteiger charge is -2.18. The fourth-order valence-electron chi connectivity index (χ4n) is 3.73. The van der Waals surface area contributed by atoms with Crippen molar-refractivity contribution in [3.05, 3.63) is 95.8 Å². The summed E-state index contributed by atoms with van der Waals surface area (Å²) in [5, 5.41) is 7.72. The van der Waals surface area contributed by atoms with Crippen LogP contribution in [0.25, 0.3) is 10.9 Å². The SMILES string of the molecule is CCCNc1ccc(CCN[C@H](C(=O)c2c[nH]c3ccccc23)c2ccccc2)cn1. The zero-order valence-electron chi connectivity index (χ0n) is 17.8. The van der Waals surface area contributed by atoms with Gasteiger partial charge in [0, 0.05) is 41.9 Å². The van der Waals surface area contributed by atoms with Gasteiger partial charge in [0.25, 0.3) is 0 Å². The molecule has 0 aliphatic rings. The molecule has 1 atom stereocenters. The van der Waals surface area contributed by atoms with Crippen LogP contribution in [0.5, 0.6) is 0 Å². The van der Waals surface area contributed by atoms with E-state index in [1.807, 2.05) is 73.1 Å². The number of rotatable bonds is 10. The van der Waals surface area contributed by atoms with E-state index in [1.165, 1.54) is 0 Å². The van der Waals surface area contributed by atoms with Gasteiger partial charge in [0.1, 0.15) is 5.82 Å². The lowest BCUT2D eigenvalue weighted by molar-refractivity contribution is 0.0945. The Morgan fingerprint density at radius 2 is 1.81 bits per heavy atom. The molecule has 4 aromatic rings. The van der Waals surface area contributed by atoms with E-state index in [2.05, 4.69) is 33.6 Å². The van der Waals surface area contributed by atoms with Crippen LogP contribution in [0.15, 0.2) is 79.1 Å². The van der Waals surface area contributed by atoms with Crippen molar-refractivity contribution >= 4 is 22.5 Å². The van der Waals surface area contributed by atoms with Gasteiger partial charge in [-0.1, -0.05) is 61.5 Å². The second-order valence-corrected chi connectivity index (χ2v) is 7.64. The standard InChI is InChI=1S/C26H28N4O/c1-2-15-27-24-13-12-19(17-30-24)14-16-28-25(20-8-4-3-5-9-20)26(31)22-18-29-23-11-7-6-10-21(22)23/h3-13,17-18,25,28-29H,2,14-16H2,1H3,(H,27,30)/t25-/m0/s1. The number of carbonyl (C=O) groups excluding carboxylic acids is 1. The van der Waals surface area contributed by atoms with Crippen LogP contribution >= 0.6 is 0 Å². The van der Waals surface area contributed by atoms with Gasteiger partial charge in [-0.25, -0.2) is 4.98 Å². The number of hydrogen-bond acceptors (Lipinski definition) is 4. The fourth-order valence-corrected chi connectivity index (χ4v) is 3.73. The number of hydrogen-bond donors (Lipinski definition) is 3. The highest BCUT2D eigenvalue weighted by atomic mass is 16.1. The molecule has 0 aliphatic carbocycles. The third-order valence-corrected chi connectivity index (χ3v) is 5.39. The molecule has 0 bridgehead atoms. The maximum atomic E-state index is 13.5. The van der Waals surface area contributed by atoms with Crippen molar-refractivity contribution in [3.63, 3.8) is 0 Å². The number of para-hydroxylation sites is 1. The van der Waals surface area contributed by atoms with E-state index in [4.69, 9.17) is 0 Å². The number of aromatic nitrogens is 2. The molecule has 2 heterocycles. The Kier molecular flexibility index (Phi) is 6.75. The molecule has 0 aliphatic heterocycles. The molecule has 0 fully saturated rings. The van der Waals surface area contributed by atoms with E-state index in [-0.39, 0.29) is 5.78 Å². The smallest absolute Gasteiger partial charge is 0.186 e. The zero-order chi connectivity index (χ0) is 21.5. The molecule has 0 spiro atoms. The van der Waals surface area contributed by atoms with Gasteiger partial charge in [-0.05, 0) is 36.1 Å². The predicted octanol–water partition coefficient (Wildman–Crippen LogP) is 5.14. The molecule has 0 radical (unpaired) electrons. The number of aromatic amines is 1. The van der Waals surface area contributed by atoms with Crippen LogP contribution in [0.2, 0.25) is 0 Å². The number of H-pyrrole nitrogens is 1. The Bertz CT molecular complexity index is 1120. The van der Waals surface area contributed by atoms with Crippen molar-refractivity contribution in [2.24, 2.45) is 0 Å². The molecule has 0 saturated carbocycles. The molecule has 0 unspecified atom stereocenters. The minimum absolute atomic E-state index is 0.0703. The molecule has 31 heavy (non-hydrogen) atoms. The van der Waals surface area contributed by atoms with Crippen LogP contribution in [0.3, 0.4) is 0 Å². The lowest BCUT2D eigenvalue weighted by atomic mass is 9.96. The van der Waals surface area contributed by atoms with E-state index in [0.717, 1.165) is 47.2 Å². The first-order valence-corrected chi connectivity index (χ1v) is 10.8. The molecule has 5 nitrogen and oxygen atoms in total. The summed E-state index contributed by atoms with van der Waals surface area (Å²) in [5.74, 6) is 0.969. The predicted molar refractivity (Wildman–Crippen MR) is 127 cm³/mol. The molecule has 3 N–H and O–H groups in total. The summed E-state index contributed by atoms with van der Waals surface area (Å²) in [5.41, 5.74) is 3.79. The van der Waals surface area contributed by atoms with Gasteiger partial charge < -0.3 is 15.6 Å². The molecule has 2 aromatic heterocycles. The quantitative estimate of drug-likeness (QED) is 0.315. The molecule has 2 aromatic carbocycles. The van der Waals surface area contributed by atoms with Crippen LogP contribution in [0.1, 0.15) is 40.9 Å². The number of pyridine rings is 1. The van der Waals surface area contributed by atoms with Gasteiger partial charge in [-0.15, -0.1) is 0 Å². The monoisotopic (exact) mass is 412 g/mol. The first kappa shape index (κ1) is 20.8. The first-order chi connectivity index (χ1) is 15.3. The maximum Gasteiger partial charge on any atom is 0.186 e. The number of Topliss-reactive ketones (excluding diaryl/α,β-unsaturated/α-hetero) is 1. The van der Waals surface area contributed by atoms with Crippen LogP contribution in [-0.2, 0) is 6.42 Å². The summed E-state index contributed by atoms with van der Waals surface area (Å²) in [7, 11) is 0. The highest BCUT2D eigenvalue weighted by Crippen LogP contribution is 2.24. The number of nitrogens with zero attached hydrogens (tertiary/aromatic N) is 1. The largest absolute Gasteiger partial charge is 0.370 e. The molecule has 5 heteroatoms. The summed E-state index contributed by atoms with van der Waals surface area (Å²) in [6, 6.07) is 21.5. The molecule has 158 valence electrons. The topological polar surface area (TPSA) is 69.8 Å². The summed E-state index contributed by atoms with van der Waals surface area (Å²) in [6.07, 6.45) is 5.58. The minimum Gasteiger partial charge on any atom is -0.370 e. The van der Waals surface area contributed by atoms with Crippen molar-refractivity contribution in [1.29, 1.82) is 0 Å². The lowest BCUT2D eigenvalue weighted by Crippen LogP contribution is -2.30. The van der Waals surface area contributed by atoms with Crippen LogP contribution in [0.4, 0.5) is 5.82 Å². The molecule has 4 rings (SSSR count). The Labute approximate surface area is 182 Å². The Morgan fingerprint density at radius 1 is 1.00 bits per heavy atom. The van der Waals surface area contributed by atoms with Gasteiger partial charge >= 0.3 is 0 Å². The first-order valence-electron chi connectivity index (χ1n) is 10.8. The van der Waals surface area contributed by atoms with E-state index < -0.39 is 6.04 Å². The van der Waals surface area contributed by atoms with Crippen LogP contribution < -0.4 is 10.6 Å². The van der Waals surface area contributed by atoms with Gasteiger partial charge in [0.2, 0.25) is 0 Å². The van der Waals surface area contributed by atoms with Gasteiger partial charge in [0.05, 0.1) is 6.04 Å². The van der Waals surface area contributed by atoms with E-state index in [0.29, 0.717) is 12.1 Å². The van der Waals surface area contributed by atoms with Gasteiger partial charge in [-0.2, -0.15) is 0 Å². The van der Waals surface area contributed by atoms with Gasteiger partial charge in [-0.3, -0.25) is 4.79 Å². The summed E-state index contributed by atoms with van der Waals surface area (Å²) < 4.78 is 0. The maximum absolute atomic E-state index is 13.5. The van der Waals surface area contributed by atoms with E-state index in [1.54, 1.807) is 0 Å². The second-order valence-electron chi connectivity index (χ2n) is 7.64. The Balaban J connectivity index is 1.48. The number of ketones is 1. The van der Waals surface area contributed by atoms with Crippen LogP contribution in [-0.4, -0.2) is 28.8 Å². The van der Waals surface area contributed by atoms with E-state index in [9.17, 15) is 4.79 Å². The summed E-state index contributed by atoms with van der Waals surface area (Å²) >= 11 is 0. The zero-order valence-corrected chi connectivity index (χ0v) is 17.8. The number of anilines is 1. The third-order valence-electron chi connectivity index (χ3n) is 5.39. The van der Waals surface area contributed by atoms with Gasteiger partial charge in [0.15, 0.2) is 5.78 Å². The summed E-state index contributed by atoms with van der Waals surface area (Å²) in [6.45, 7) is 3.73. The molecular formula is C26H28N4O. The van der Waals surface area contributed by atoms with E-state index >= 15 is 0 Å². The highest BCUT2D eigenvalue weighted by Gasteiger charge is 2.23. The van der Waals surface area contributed by atoms with Crippen molar-refractivity contribution in [3.8, 4) is 0 Å². The second kappa shape index (κ2) is 10.0. The number of carbonyl (C=O) groups is 1. The van der Waals surface area contributed by atoms with Crippen molar-refractivity contribution in [1.82, 2.24) is 15.3 Å². The van der Waals surface area contributed by atoms with Crippen LogP contribution in [0, 0.1) is 0 Å². The van der Waals surface area contributed by atoms with Crippen molar-refractivity contribution in [2.45, 2.75) is 25.8 Å². The fraction of sp³-hybridized carbons (Fsp3) is 0.231. The Hall–Kier alpha value is -3.44. The van der Waals surface area contributed by atoms with Crippen molar-refractivity contribution in [2.75, 3.05) is 18.4 Å². The average Bonchev–Trinajstić information content (AvgIpc) is 3.26. The average molecular weight is 413 g/mol. The molecule has 0 amide bonds. The highest BCUT2D eigenvalue weighted by molar-refractivity contribution is 6.10. The number of benzene rings is 2. The number of nitrogens with one attached hydrogen (secondary N) is 3. The normalized spacial score (nSPS) is 12.0.